The maximum absolute atomic E-state index is 11.9. The largest absolute Gasteiger partial charge is 0.355 e. The zero-order chi connectivity index (χ0) is 15.7. The molecule has 122 valence electrons. The molecule has 4 N–H and O–H groups in total. The van der Waals surface area contributed by atoms with Crippen molar-refractivity contribution in [3.8, 4) is 0 Å². The second-order valence-electron chi connectivity index (χ2n) is 5.80. The fourth-order valence-electron chi connectivity index (χ4n) is 2.51. The molecule has 0 aromatic rings. The number of carbonyl (C=O) groups is 2. The van der Waals surface area contributed by atoms with E-state index in [0.717, 1.165) is 51.7 Å². The molecule has 1 rings (SSSR count). The Morgan fingerprint density at radius 2 is 1.90 bits per heavy atom. The molecule has 6 nitrogen and oxygen atoms in total. The normalized spacial score (nSPS) is 18.2. The Morgan fingerprint density at radius 3 is 2.48 bits per heavy atom. The Balaban J connectivity index is 2.23. The number of nitrogens with one attached hydrogen (secondary N) is 2. The topological polar surface area (TPSA) is 87.5 Å². The highest BCUT2D eigenvalue weighted by molar-refractivity contribution is 5.81. The fraction of sp³-hybridized carbons (Fsp3) is 0.867. The molecule has 0 aromatic carbocycles. The zero-order valence-electron chi connectivity index (χ0n) is 13.4. The Morgan fingerprint density at radius 1 is 1.24 bits per heavy atom. The molecule has 1 atom stereocenters. The summed E-state index contributed by atoms with van der Waals surface area (Å²) >= 11 is 0. The smallest absolute Gasteiger partial charge is 0.237 e. The van der Waals surface area contributed by atoms with E-state index >= 15 is 0 Å². The number of nitrogens with zero attached hydrogens (tertiary/aromatic N) is 1. The predicted octanol–water partition coefficient (Wildman–Crippen LogP) is 0.221. The Labute approximate surface area is 127 Å². The first-order valence-corrected chi connectivity index (χ1v) is 8.11. The van der Waals surface area contributed by atoms with E-state index in [9.17, 15) is 9.59 Å². The molecule has 6 heteroatoms. The summed E-state index contributed by atoms with van der Waals surface area (Å²) in [5.74, 6) is 0.0419. The van der Waals surface area contributed by atoms with E-state index in [1.54, 1.807) is 0 Å². The van der Waals surface area contributed by atoms with Crippen LogP contribution in [0.1, 0.15) is 46.0 Å². The third-order valence-electron chi connectivity index (χ3n) is 3.81. The number of hydrogen-bond donors (Lipinski definition) is 3. The summed E-state index contributed by atoms with van der Waals surface area (Å²) in [5, 5.41) is 5.91. The summed E-state index contributed by atoms with van der Waals surface area (Å²) in [4.78, 5) is 25.7. The van der Waals surface area contributed by atoms with Gasteiger partial charge in [-0.3, -0.25) is 14.5 Å². The highest BCUT2D eigenvalue weighted by Crippen LogP contribution is 2.10. The van der Waals surface area contributed by atoms with E-state index < -0.39 is 6.04 Å². The Hall–Kier alpha value is -1.14. The lowest BCUT2D eigenvalue weighted by molar-refractivity contribution is -0.125. The summed E-state index contributed by atoms with van der Waals surface area (Å²) in [6, 6.07) is -0.205. The van der Waals surface area contributed by atoms with Gasteiger partial charge in [0.15, 0.2) is 0 Å². The minimum absolute atomic E-state index is 0.0454. The molecule has 1 aliphatic heterocycles. The van der Waals surface area contributed by atoms with Crippen LogP contribution in [0, 0.1) is 0 Å². The van der Waals surface area contributed by atoms with Crippen LogP contribution in [0.5, 0.6) is 0 Å². The first-order valence-electron chi connectivity index (χ1n) is 8.11. The van der Waals surface area contributed by atoms with Crippen LogP contribution in [0.3, 0.4) is 0 Å². The summed E-state index contributed by atoms with van der Waals surface area (Å²) in [7, 11) is 0. The number of likely N-dealkylation sites (tertiary alicyclic amines) is 1. The van der Waals surface area contributed by atoms with Gasteiger partial charge in [-0.25, -0.2) is 0 Å². The molecule has 0 spiro atoms. The first-order chi connectivity index (χ1) is 10.1. The van der Waals surface area contributed by atoms with Gasteiger partial charge < -0.3 is 16.4 Å². The number of piperidine rings is 1. The van der Waals surface area contributed by atoms with Gasteiger partial charge in [0.1, 0.15) is 0 Å². The molecule has 1 aliphatic rings. The maximum Gasteiger partial charge on any atom is 0.237 e. The first kappa shape index (κ1) is 17.9. The minimum atomic E-state index is -0.396. The molecule has 2 amide bonds. The summed E-state index contributed by atoms with van der Waals surface area (Å²) in [6.45, 7) is 6.94. The lowest BCUT2D eigenvalue weighted by Gasteiger charge is -2.32. The molecule has 1 unspecified atom stereocenters. The van der Waals surface area contributed by atoms with E-state index in [-0.39, 0.29) is 17.9 Å². The van der Waals surface area contributed by atoms with Crippen molar-refractivity contribution < 1.29 is 9.59 Å². The molecular formula is C15H30N4O2. The van der Waals surface area contributed by atoms with E-state index in [1.165, 1.54) is 0 Å². The van der Waals surface area contributed by atoms with Gasteiger partial charge in [-0.05, 0) is 25.7 Å². The molecule has 0 aliphatic carbocycles. The van der Waals surface area contributed by atoms with Gasteiger partial charge in [-0.2, -0.15) is 0 Å². The van der Waals surface area contributed by atoms with Gasteiger partial charge in [0.2, 0.25) is 11.8 Å². The van der Waals surface area contributed by atoms with E-state index in [0.29, 0.717) is 6.54 Å². The summed E-state index contributed by atoms with van der Waals surface area (Å²) in [5.41, 5.74) is 5.81. The number of carbonyl (C=O) groups excluding carboxylic acids is 2. The SMILES string of the molecule is CCCNC(=O)CN1CCC(NC(=O)C(N)CCC)CC1. The molecular weight excluding hydrogens is 268 g/mol. The molecule has 1 heterocycles. The van der Waals surface area contributed by atoms with Crippen LogP contribution in [0.2, 0.25) is 0 Å². The van der Waals surface area contributed by atoms with Gasteiger partial charge in [0.05, 0.1) is 12.6 Å². The van der Waals surface area contributed by atoms with Crippen molar-refractivity contribution in [2.75, 3.05) is 26.2 Å². The quantitative estimate of drug-likeness (QED) is 0.598. The van der Waals surface area contributed by atoms with E-state index in [2.05, 4.69) is 15.5 Å². The lowest BCUT2D eigenvalue weighted by atomic mass is 10.0. The minimum Gasteiger partial charge on any atom is -0.355 e. The Bertz CT molecular complexity index is 328. The predicted molar refractivity (Wildman–Crippen MR) is 83.8 cm³/mol. The van der Waals surface area contributed by atoms with Crippen molar-refractivity contribution in [1.82, 2.24) is 15.5 Å². The van der Waals surface area contributed by atoms with Gasteiger partial charge in [0.25, 0.3) is 0 Å². The summed E-state index contributed by atoms with van der Waals surface area (Å²) < 4.78 is 0. The molecule has 1 saturated heterocycles. The van der Waals surface area contributed by atoms with Crippen LogP contribution in [0.25, 0.3) is 0 Å². The van der Waals surface area contributed by atoms with Crippen molar-refractivity contribution in [2.45, 2.75) is 58.0 Å². The molecule has 0 bridgehead atoms. The average molecular weight is 298 g/mol. The van der Waals surface area contributed by atoms with E-state index in [4.69, 9.17) is 5.73 Å². The average Bonchev–Trinajstić information content (AvgIpc) is 2.47. The molecule has 0 radical (unpaired) electrons. The highest BCUT2D eigenvalue weighted by atomic mass is 16.2. The number of amides is 2. The lowest BCUT2D eigenvalue weighted by Crippen LogP contribution is -2.50. The van der Waals surface area contributed by atoms with Gasteiger partial charge in [-0.15, -0.1) is 0 Å². The van der Waals surface area contributed by atoms with Crippen LogP contribution in [0.15, 0.2) is 0 Å². The van der Waals surface area contributed by atoms with Crippen molar-refractivity contribution >= 4 is 11.8 Å². The van der Waals surface area contributed by atoms with Crippen LogP contribution in [-0.4, -0.2) is 55.0 Å². The highest BCUT2D eigenvalue weighted by Gasteiger charge is 2.23. The summed E-state index contributed by atoms with van der Waals surface area (Å²) in [6.07, 6.45) is 4.36. The van der Waals surface area contributed by atoms with Crippen molar-refractivity contribution in [2.24, 2.45) is 5.73 Å². The third kappa shape index (κ3) is 6.91. The molecule has 0 saturated carbocycles. The van der Waals surface area contributed by atoms with Crippen molar-refractivity contribution in [3.05, 3.63) is 0 Å². The van der Waals surface area contributed by atoms with Crippen LogP contribution in [-0.2, 0) is 9.59 Å². The Kier molecular flexibility index (Phi) is 8.30. The fourth-order valence-corrected chi connectivity index (χ4v) is 2.51. The number of hydrogen-bond acceptors (Lipinski definition) is 4. The molecule has 0 aromatic heterocycles. The number of rotatable bonds is 8. The second-order valence-corrected chi connectivity index (χ2v) is 5.80. The molecule has 21 heavy (non-hydrogen) atoms. The van der Waals surface area contributed by atoms with Gasteiger partial charge in [0, 0.05) is 25.7 Å². The third-order valence-corrected chi connectivity index (χ3v) is 3.81. The van der Waals surface area contributed by atoms with Crippen molar-refractivity contribution in [3.63, 3.8) is 0 Å². The maximum atomic E-state index is 11.9. The number of nitrogens with two attached hydrogens (primary N) is 1. The monoisotopic (exact) mass is 298 g/mol. The van der Waals surface area contributed by atoms with Crippen LogP contribution >= 0.6 is 0 Å². The van der Waals surface area contributed by atoms with Gasteiger partial charge >= 0.3 is 0 Å². The van der Waals surface area contributed by atoms with Gasteiger partial charge in [-0.1, -0.05) is 20.3 Å². The van der Waals surface area contributed by atoms with Crippen molar-refractivity contribution in [1.29, 1.82) is 0 Å². The van der Waals surface area contributed by atoms with Crippen LogP contribution in [0.4, 0.5) is 0 Å². The second kappa shape index (κ2) is 9.73. The standard InChI is InChI=1S/C15H30N4O2/c1-3-5-13(16)15(21)18-12-6-9-19(10-7-12)11-14(20)17-8-4-2/h12-13H,3-11,16H2,1-2H3,(H,17,20)(H,18,21). The zero-order valence-corrected chi connectivity index (χ0v) is 13.4. The van der Waals surface area contributed by atoms with Crippen LogP contribution < -0.4 is 16.4 Å². The molecule has 1 fully saturated rings. The van der Waals surface area contributed by atoms with E-state index in [1.807, 2.05) is 13.8 Å².